The molecule has 0 atom stereocenters. The molecule has 3 rings (SSSR count). The average molecular weight is 423 g/mol. The monoisotopic (exact) mass is 422 g/mol. The number of alkyl halides is 2. The van der Waals surface area contributed by atoms with Crippen LogP contribution in [-0.4, -0.2) is 58.9 Å². The van der Waals surface area contributed by atoms with Gasteiger partial charge in [0, 0.05) is 26.1 Å². The summed E-state index contributed by atoms with van der Waals surface area (Å²) in [4.78, 5) is 6.32. The highest BCUT2D eigenvalue weighted by atomic mass is 35.5. The van der Waals surface area contributed by atoms with Gasteiger partial charge in [0.05, 0.1) is 6.54 Å². The second-order valence-corrected chi connectivity index (χ2v) is 8.76. The number of hydrogen-bond donors (Lipinski definition) is 1. The molecule has 27 heavy (non-hydrogen) atoms. The van der Waals surface area contributed by atoms with Gasteiger partial charge in [0.15, 0.2) is 5.82 Å². The van der Waals surface area contributed by atoms with E-state index in [-0.39, 0.29) is 0 Å². The van der Waals surface area contributed by atoms with Gasteiger partial charge < -0.3 is 4.90 Å². The molecule has 1 saturated heterocycles. The van der Waals surface area contributed by atoms with Gasteiger partial charge in [0.25, 0.3) is 16.1 Å². The van der Waals surface area contributed by atoms with Gasteiger partial charge in [0.1, 0.15) is 17.0 Å². The zero-order valence-electron chi connectivity index (χ0n) is 14.9. The first-order chi connectivity index (χ1) is 12.5. The van der Waals surface area contributed by atoms with E-state index < -0.39 is 28.7 Å². The molecule has 0 aliphatic carbocycles. The van der Waals surface area contributed by atoms with Crippen LogP contribution in [0.25, 0.3) is 5.52 Å². The number of fused-ring (bicyclic) bond motifs is 1. The van der Waals surface area contributed by atoms with Gasteiger partial charge in [-0.3, -0.25) is 0 Å². The number of nitrogens with two attached hydrogens (primary N) is 1. The molecule has 0 aromatic carbocycles. The third kappa shape index (κ3) is 4.31. The molecular weight excluding hydrogens is 402 g/mol. The Morgan fingerprint density at radius 3 is 2.59 bits per heavy atom. The molecule has 0 radical (unpaired) electrons. The summed E-state index contributed by atoms with van der Waals surface area (Å²) < 4.78 is 52.7. The van der Waals surface area contributed by atoms with E-state index in [2.05, 4.69) is 10.1 Å². The van der Waals surface area contributed by atoms with Gasteiger partial charge in [-0.2, -0.15) is 17.8 Å². The van der Waals surface area contributed by atoms with Crippen molar-refractivity contribution in [2.45, 2.75) is 38.7 Å². The fourth-order valence-corrected chi connectivity index (χ4v) is 4.78. The Bertz CT molecular complexity index is 938. The maximum absolute atomic E-state index is 13.4. The quantitative estimate of drug-likeness (QED) is 0.792. The van der Waals surface area contributed by atoms with E-state index in [4.69, 9.17) is 16.7 Å². The zero-order valence-corrected chi connectivity index (χ0v) is 16.5. The standard InChI is InChI=1S/C15H21ClF2N6O2S/c1-10-7-12(16)24-13(10)14(20-9-21-24)22-5-3-11(4-6-22)23(27(19,25)26)8-15(2,17)18/h7,9,11H,3-6,8H2,1-2H3,(H2,19,25,26). The van der Waals surface area contributed by atoms with Gasteiger partial charge in [-0.05, 0) is 31.4 Å². The number of aryl methyl sites for hydroxylation is 1. The van der Waals surface area contributed by atoms with Crippen molar-refractivity contribution in [3.05, 3.63) is 23.1 Å². The highest BCUT2D eigenvalue weighted by molar-refractivity contribution is 7.86. The molecular formula is C15H21ClF2N6O2S. The Hall–Kier alpha value is -1.56. The van der Waals surface area contributed by atoms with E-state index in [1.165, 1.54) is 6.33 Å². The smallest absolute Gasteiger partial charge is 0.277 e. The summed E-state index contributed by atoms with van der Waals surface area (Å²) in [5.74, 6) is -2.49. The van der Waals surface area contributed by atoms with Crippen molar-refractivity contribution in [2.24, 2.45) is 5.14 Å². The molecule has 1 fully saturated rings. The van der Waals surface area contributed by atoms with Gasteiger partial charge in [-0.25, -0.2) is 23.4 Å². The maximum atomic E-state index is 13.4. The van der Waals surface area contributed by atoms with E-state index >= 15 is 0 Å². The Kier molecular flexibility index (Phi) is 5.32. The van der Waals surface area contributed by atoms with Crippen molar-refractivity contribution in [3.8, 4) is 0 Å². The van der Waals surface area contributed by atoms with E-state index in [1.54, 1.807) is 10.6 Å². The third-order valence-electron chi connectivity index (χ3n) is 4.61. The first-order valence-corrected chi connectivity index (χ1v) is 10.3. The molecule has 150 valence electrons. The fraction of sp³-hybridized carbons (Fsp3) is 0.600. The molecule has 12 heteroatoms. The lowest BCUT2D eigenvalue weighted by atomic mass is 10.0. The van der Waals surface area contributed by atoms with E-state index in [1.807, 2.05) is 11.8 Å². The molecule has 8 nitrogen and oxygen atoms in total. The van der Waals surface area contributed by atoms with Crippen LogP contribution in [0.15, 0.2) is 12.4 Å². The van der Waals surface area contributed by atoms with Crippen molar-refractivity contribution in [2.75, 3.05) is 24.5 Å². The van der Waals surface area contributed by atoms with Crippen LogP contribution in [0.3, 0.4) is 0 Å². The van der Waals surface area contributed by atoms with Gasteiger partial charge in [-0.1, -0.05) is 11.6 Å². The molecule has 2 aromatic heterocycles. The van der Waals surface area contributed by atoms with Crippen molar-refractivity contribution in [3.63, 3.8) is 0 Å². The Morgan fingerprint density at radius 1 is 1.41 bits per heavy atom. The minimum Gasteiger partial charge on any atom is -0.355 e. The molecule has 0 unspecified atom stereocenters. The maximum Gasteiger partial charge on any atom is 0.277 e. The van der Waals surface area contributed by atoms with Crippen LogP contribution in [0.4, 0.5) is 14.6 Å². The SMILES string of the molecule is Cc1cc(Cl)n2ncnc(N3CCC(N(CC(C)(F)F)S(N)(=O)=O)CC3)c12. The lowest BCUT2D eigenvalue weighted by molar-refractivity contribution is -0.00443. The van der Waals surface area contributed by atoms with E-state index in [0.717, 1.165) is 11.1 Å². The Balaban J connectivity index is 1.81. The number of anilines is 1. The largest absolute Gasteiger partial charge is 0.355 e. The minimum atomic E-state index is -4.23. The number of rotatable bonds is 5. The number of halogens is 3. The van der Waals surface area contributed by atoms with Gasteiger partial charge >= 0.3 is 0 Å². The van der Waals surface area contributed by atoms with Crippen LogP contribution < -0.4 is 10.0 Å². The predicted octanol–water partition coefficient (Wildman–Crippen LogP) is 1.82. The summed E-state index contributed by atoms with van der Waals surface area (Å²) >= 11 is 6.16. The van der Waals surface area contributed by atoms with E-state index in [9.17, 15) is 17.2 Å². The van der Waals surface area contributed by atoms with Crippen molar-refractivity contribution < 1.29 is 17.2 Å². The van der Waals surface area contributed by atoms with Crippen LogP contribution in [0.1, 0.15) is 25.3 Å². The zero-order chi connectivity index (χ0) is 20.0. The second-order valence-electron chi connectivity index (χ2n) is 6.87. The third-order valence-corrected chi connectivity index (χ3v) is 5.96. The molecule has 2 N–H and O–H groups in total. The lowest BCUT2D eigenvalue weighted by Crippen LogP contribution is -2.52. The summed E-state index contributed by atoms with van der Waals surface area (Å²) in [5, 5.41) is 9.77. The predicted molar refractivity (Wildman–Crippen MR) is 98.4 cm³/mol. The molecule has 3 heterocycles. The lowest BCUT2D eigenvalue weighted by Gasteiger charge is -2.38. The molecule has 2 aromatic rings. The van der Waals surface area contributed by atoms with Crippen molar-refractivity contribution in [1.82, 2.24) is 18.9 Å². The van der Waals surface area contributed by atoms with Crippen molar-refractivity contribution >= 4 is 33.1 Å². The van der Waals surface area contributed by atoms with Crippen LogP contribution >= 0.6 is 11.6 Å². The number of hydrogen-bond acceptors (Lipinski definition) is 5. The van der Waals surface area contributed by atoms with Crippen LogP contribution in [0.2, 0.25) is 5.15 Å². The molecule has 1 aliphatic rings. The number of aromatic nitrogens is 3. The summed E-state index contributed by atoms with van der Waals surface area (Å²) in [7, 11) is -4.23. The molecule has 0 spiro atoms. The molecule has 1 aliphatic heterocycles. The minimum absolute atomic E-state index is 0.357. The van der Waals surface area contributed by atoms with Crippen LogP contribution in [0, 0.1) is 6.92 Å². The molecule has 0 bridgehead atoms. The Morgan fingerprint density at radius 2 is 2.04 bits per heavy atom. The highest BCUT2D eigenvalue weighted by Crippen LogP contribution is 2.30. The number of piperidine rings is 1. The first-order valence-electron chi connectivity index (χ1n) is 8.38. The van der Waals surface area contributed by atoms with Gasteiger partial charge in [-0.15, -0.1) is 0 Å². The Labute approximate surface area is 161 Å². The summed E-state index contributed by atoms with van der Waals surface area (Å²) in [6.07, 6.45) is 2.11. The molecule has 0 saturated carbocycles. The highest BCUT2D eigenvalue weighted by Gasteiger charge is 2.37. The number of nitrogens with zero attached hydrogens (tertiary/aromatic N) is 5. The topological polar surface area (TPSA) is 96.8 Å². The summed E-state index contributed by atoms with van der Waals surface area (Å²) in [5.41, 5.74) is 1.68. The van der Waals surface area contributed by atoms with Crippen LogP contribution in [0.5, 0.6) is 0 Å². The molecule has 0 amide bonds. The van der Waals surface area contributed by atoms with Gasteiger partial charge in [0.2, 0.25) is 0 Å². The first kappa shape index (κ1) is 20.2. The summed E-state index contributed by atoms with van der Waals surface area (Å²) in [6, 6.07) is 1.20. The fourth-order valence-electron chi connectivity index (χ4n) is 3.46. The van der Waals surface area contributed by atoms with Crippen molar-refractivity contribution in [1.29, 1.82) is 0 Å². The van der Waals surface area contributed by atoms with E-state index in [0.29, 0.717) is 48.1 Å². The van der Waals surface area contributed by atoms with Crippen LogP contribution in [-0.2, 0) is 10.2 Å². The average Bonchev–Trinajstić information content (AvgIpc) is 2.86. The second kappa shape index (κ2) is 7.12. The summed E-state index contributed by atoms with van der Waals surface area (Å²) in [6.45, 7) is 2.54. The normalized spacial score (nSPS) is 17.2.